The van der Waals surface area contributed by atoms with E-state index in [9.17, 15) is 4.79 Å². The fourth-order valence-electron chi connectivity index (χ4n) is 1.75. The zero-order valence-corrected chi connectivity index (χ0v) is 10.3. The van der Waals surface area contributed by atoms with E-state index in [4.69, 9.17) is 18.0 Å². The van der Waals surface area contributed by atoms with Crippen LogP contribution in [0.5, 0.6) is 0 Å². The van der Waals surface area contributed by atoms with E-state index in [0.29, 0.717) is 10.3 Å². The highest BCUT2D eigenvalue weighted by molar-refractivity contribution is 7.71. The van der Waals surface area contributed by atoms with Gasteiger partial charge in [-0.1, -0.05) is 13.0 Å². The van der Waals surface area contributed by atoms with Gasteiger partial charge >= 0.3 is 0 Å². The van der Waals surface area contributed by atoms with E-state index in [1.54, 1.807) is 18.2 Å². The first-order valence-corrected chi connectivity index (χ1v) is 5.74. The van der Waals surface area contributed by atoms with Crippen LogP contribution in [-0.2, 0) is 6.42 Å². The Bertz CT molecular complexity index is 612. The molecule has 1 aromatic heterocycles. The minimum absolute atomic E-state index is 0.438. The van der Waals surface area contributed by atoms with Crippen LogP contribution in [0.3, 0.4) is 0 Å². The number of aryl methyl sites for hydroxylation is 1. The molecular weight excluding hydrogens is 234 g/mol. The van der Waals surface area contributed by atoms with Gasteiger partial charge in [-0.05, 0) is 36.8 Å². The highest BCUT2D eigenvalue weighted by atomic mass is 32.1. The van der Waals surface area contributed by atoms with Gasteiger partial charge in [-0.15, -0.1) is 0 Å². The van der Waals surface area contributed by atoms with E-state index in [2.05, 4.69) is 4.98 Å². The smallest absolute Gasteiger partial charge is 0.248 e. The second-order valence-corrected chi connectivity index (χ2v) is 4.08. The zero-order valence-electron chi connectivity index (χ0n) is 9.43. The number of aromatic amines is 1. The summed E-state index contributed by atoms with van der Waals surface area (Å²) in [4.78, 5) is 14.1. The number of nitrogens with two attached hydrogens (primary N) is 1. The Morgan fingerprint density at radius 2 is 2.29 bits per heavy atom. The average Bonchev–Trinajstić information content (AvgIpc) is 2.70. The summed E-state index contributed by atoms with van der Waals surface area (Å²) in [7, 11) is 0. The lowest BCUT2D eigenvalue weighted by molar-refractivity contribution is 0.100. The normalized spacial score (nSPS) is 10.4. The van der Waals surface area contributed by atoms with Crippen LogP contribution in [0.1, 0.15) is 23.0 Å². The molecule has 17 heavy (non-hydrogen) atoms. The Morgan fingerprint density at radius 3 is 2.94 bits per heavy atom. The molecule has 88 valence electrons. The number of hydrogen-bond donors (Lipinski definition) is 2. The first-order chi connectivity index (χ1) is 8.13. The highest BCUT2D eigenvalue weighted by Crippen LogP contribution is 2.14. The predicted octanol–water partition coefficient (Wildman–Crippen LogP) is 2.20. The Morgan fingerprint density at radius 1 is 1.53 bits per heavy atom. The van der Waals surface area contributed by atoms with Crippen LogP contribution in [-0.4, -0.2) is 15.5 Å². The van der Waals surface area contributed by atoms with Gasteiger partial charge in [0, 0.05) is 23.1 Å². The summed E-state index contributed by atoms with van der Waals surface area (Å²) in [6, 6.07) is 7.12. The number of primary amides is 1. The third-order valence-corrected chi connectivity index (χ3v) is 2.90. The molecule has 4 nitrogen and oxygen atoms in total. The molecule has 1 aromatic carbocycles. The van der Waals surface area contributed by atoms with Crippen molar-refractivity contribution in [1.82, 2.24) is 9.55 Å². The lowest BCUT2D eigenvalue weighted by atomic mass is 10.2. The Balaban J connectivity index is 2.60. The second-order valence-electron chi connectivity index (χ2n) is 3.69. The van der Waals surface area contributed by atoms with Crippen LogP contribution in [0.25, 0.3) is 5.69 Å². The van der Waals surface area contributed by atoms with Crippen molar-refractivity contribution < 1.29 is 4.79 Å². The predicted molar refractivity (Wildman–Crippen MR) is 68.8 cm³/mol. The molecule has 3 N–H and O–H groups in total. The van der Waals surface area contributed by atoms with Gasteiger partial charge in [-0.3, -0.25) is 9.36 Å². The molecule has 1 amide bonds. The molecule has 0 aliphatic carbocycles. The third-order valence-electron chi connectivity index (χ3n) is 2.60. The lowest BCUT2D eigenvalue weighted by Gasteiger charge is -2.07. The van der Waals surface area contributed by atoms with Crippen LogP contribution >= 0.6 is 12.2 Å². The summed E-state index contributed by atoms with van der Waals surface area (Å²) in [5, 5.41) is 0. The van der Waals surface area contributed by atoms with Crippen LogP contribution in [0.4, 0.5) is 0 Å². The first-order valence-electron chi connectivity index (χ1n) is 5.33. The number of nitrogens with one attached hydrogen (secondary N) is 1. The van der Waals surface area contributed by atoms with E-state index in [-0.39, 0.29) is 0 Å². The maximum atomic E-state index is 11.1. The number of carbonyl (C=O) groups is 1. The van der Waals surface area contributed by atoms with Gasteiger partial charge in [0.1, 0.15) is 0 Å². The molecule has 0 saturated heterocycles. The van der Waals surface area contributed by atoms with Gasteiger partial charge in [-0.2, -0.15) is 0 Å². The van der Waals surface area contributed by atoms with Crippen molar-refractivity contribution in [3.63, 3.8) is 0 Å². The Hall–Kier alpha value is -1.88. The van der Waals surface area contributed by atoms with Gasteiger partial charge in [0.2, 0.25) is 5.91 Å². The third kappa shape index (κ3) is 2.14. The fourth-order valence-corrected chi connectivity index (χ4v) is 2.03. The molecule has 2 rings (SSSR count). The number of amides is 1. The molecule has 0 radical (unpaired) electrons. The summed E-state index contributed by atoms with van der Waals surface area (Å²) in [6.45, 7) is 2.05. The molecule has 0 bridgehead atoms. The number of imidazole rings is 1. The molecule has 5 heteroatoms. The van der Waals surface area contributed by atoms with Crippen molar-refractivity contribution in [2.75, 3.05) is 0 Å². The van der Waals surface area contributed by atoms with E-state index < -0.39 is 5.91 Å². The van der Waals surface area contributed by atoms with E-state index >= 15 is 0 Å². The molecule has 0 atom stereocenters. The summed E-state index contributed by atoms with van der Waals surface area (Å²) < 4.78 is 2.52. The molecule has 0 unspecified atom stereocenters. The van der Waals surface area contributed by atoms with Crippen molar-refractivity contribution in [1.29, 1.82) is 0 Å². The zero-order chi connectivity index (χ0) is 12.4. The number of benzene rings is 1. The molecule has 2 aromatic rings. The second kappa shape index (κ2) is 4.55. The van der Waals surface area contributed by atoms with Crippen molar-refractivity contribution in [2.45, 2.75) is 13.3 Å². The molecule has 1 heterocycles. The van der Waals surface area contributed by atoms with Gasteiger partial charge in [-0.25, -0.2) is 0 Å². The van der Waals surface area contributed by atoms with Crippen molar-refractivity contribution in [3.05, 3.63) is 46.5 Å². The monoisotopic (exact) mass is 247 g/mol. The summed E-state index contributed by atoms with van der Waals surface area (Å²) in [5.74, 6) is -0.438. The summed E-state index contributed by atoms with van der Waals surface area (Å²) >= 11 is 5.22. The van der Waals surface area contributed by atoms with E-state index in [1.165, 1.54) is 0 Å². The molecule has 0 aliphatic heterocycles. The summed E-state index contributed by atoms with van der Waals surface area (Å²) in [5.41, 5.74) is 7.66. The first kappa shape index (κ1) is 11.6. The Kier molecular flexibility index (Phi) is 3.10. The fraction of sp³-hybridized carbons (Fsp3) is 0.167. The standard InChI is InChI=1S/C12H13N3OS/c1-2-9-7-14-12(17)15(9)10-5-3-4-8(6-10)11(13)16/h3-7H,2H2,1H3,(H2,13,16)(H,14,17). The minimum atomic E-state index is -0.438. The summed E-state index contributed by atoms with van der Waals surface area (Å²) in [6.07, 6.45) is 2.73. The lowest BCUT2D eigenvalue weighted by Crippen LogP contribution is -2.11. The van der Waals surface area contributed by atoms with E-state index in [1.807, 2.05) is 23.8 Å². The van der Waals surface area contributed by atoms with E-state index in [0.717, 1.165) is 17.8 Å². The molecule has 0 fully saturated rings. The van der Waals surface area contributed by atoms with Crippen molar-refractivity contribution >= 4 is 18.1 Å². The van der Waals surface area contributed by atoms with Gasteiger partial charge < -0.3 is 10.7 Å². The highest BCUT2D eigenvalue weighted by Gasteiger charge is 2.07. The maximum Gasteiger partial charge on any atom is 0.248 e. The number of hydrogen-bond acceptors (Lipinski definition) is 2. The van der Waals surface area contributed by atoms with Gasteiger partial charge in [0.25, 0.3) is 0 Å². The number of rotatable bonds is 3. The largest absolute Gasteiger partial charge is 0.366 e. The molecule has 0 saturated carbocycles. The molecular formula is C12H13N3OS. The average molecular weight is 247 g/mol. The molecule has 0 spiro atoms. The molecule has 0 aliphatic rings. The quantitative estimate of drug-likeness (QED) is 0.817. The van der Waals surface area contributed by atoms with Crippen molar-refractivity contribution in [3.8, 4) is 5.69 Å². The number of aromatic nitrogens is 2. The number of H-pyrrole nitrogens is 1. The van der Waals surface area contributed by atoms with Crippen LogP contribution in [0, 0.1) is 4.77 Å². The topological polar surface area (TPSA) is 63.8 Å². The Labute approximate surface area is 104 Å². The maximum absolute atomic E-state index is 11.1. The van der Waals surface area contributed by atoms with Crippen LogP contribution in [0.2, 0.25) is 0 Å². The van der Waals surface area contributed by atoms with Gasteiger partial charge in [0.05, 0.1) is 0 Å². The SMILES string of the molecule is CCc1c[nH]c(=S)n1-c1cccc(C(N)=O)c1. The number of nitrogens with zero attached hydrogens (tertiary/aromatic N) is 1. The van der Waals surface area contributed by atoms with Crippen molar-refractivity contribution in [2.24, 2.45) is 5.73 Å². The van der Waals surface area contributed by atoms with Crippen LogP contribution in [0.15, 0.2) is 30.5 Å². The minimum Gasteiger partial charge on any atom is -0.366 e. The number of carbonyl (C=O) groups excluding carboxylic acids is 1. The van der Waals surface area contributed by atoms with Gasteiger partial charge in [0.15, 0.2) is 4.77 Å². The van der Waals surface area contributed by atoms with Crippen LogP contribution < -0.4 is 5.73 Å².